The number of aromatic nitrogens is 4. The van der Waals surface area contributed by atoms with Crippen molar-refractivity contribution in [1.29, 1.82) is 0 Å². The lowest BCUT2D eigenvalue weighted by molar-refractivity contribution is 0.0898. The molecule has 11 heteroatoms. The van der Waals surface area contributed by atoms with Crippen LogP contribution in [0.25, 0.3) is 21.5 Å². The molecule has 2 unspecified atom stereocenters. The van der Waals surface area contributed by atoms with Crippen LogP contribution in [-0.4, -0.2) is 99.5 Å². The van der Waals surface area contributed by atoms with Gasteiger partial charge in [-0.1, -0.05) is 0 Å². The van der Waals surface area contributed by atoms with E-state index >= 15 is 0 Å². The van der Waals surface area contributed by atoms with Crippen molar-refractivity contribution in [1.82, 2.24) is 29.7 Å². The minimum atomic E-state index is 0.218. The van der Waals surface area contributed by atoms with Gasteiger partial charge < -0.3 is 20.5 Å². The van der Waals surface area contributed by atoms with E-state index in [-0.39, 0.29) is 12.6 Å². The third-order valence-corrected chi connectivity index (χ3v) is 8.19. The number of β-amino-alcohol motifs (C(OH)–C–C–N with tert-alkyl or cyclic N) is 1. The molecule has 3 N–H and O–H groups in total. The lowest BCUT2D eigenvalue weighted by atomic mass is 10.1. The topological polar surface area (TPSA) is 117 Å². The van der Waals surface area contributed by atoms with Gasteiger partial charge in [-0.25, -0.2) is 19.9 Å². The molecule has 2 bridgehead atoms. The highest BCUT2D eigenvalue weighted by molar-refractivity contribution is 7.17. The van der Waals surface area contributed by atoms with Crippen molar-refractivity contribution in [3.8, 4) is 11.3 Å². The molecule has 3 aliphatic heterocycles. The van der Waals surface area contributed by atoms with E-state index in [2.05, 4.69) is 30.0 Å². The Hall–Kier alpha value is -2.44. The largest absolute Gasteiger partial charge is 0.395 e. The Kier molecular flexibility index (Phi) is 6.04. The van der Waals surface area contributed by atoms with Gasteiger partial charge in [0.25, 0.3) is 0 Å². The summed E-state index contributed by atoms with van der Waals surface area (Å²) < 4.78 is 6.87. The number of ether oxygens (including phenoxy) is 1. The third kappa shape index (κ3) is 4.11. The maximum atomic E-state index is 9.22. The molecule has 0 radical (unpaired) electrons. The molecule has 3 aliphatic rings. The maximum Gasteiger partial charge on any atom is 0.227 e. The van der Waals surface area contributed by atoms with Crippen LogP contribution in [0.3, 0.4) is 0 Å². The Bertz CT molecular complexity index is 1130. The second-order valence-corrected chi connectivity index (χ2v) is 10.2. The molecular weight excluding hydrogens is 452 g/mol. The highest BCUT2D eigenvalue weighted by Crippen LogP contribution is 2.38. The zero-order valence-corrected chi connectivity index (χ0v) is 20.0. The number of fused-ring (bicyclic) bond motifs is 3. The number of hydrogen-bond acceptors (Lipinski definition) is 11. The summed E-state index contributed by atoms with van der Waals surface area (Å²) in [5, 5.41) is 11.4. The van der Waals surface area contributed by atoms with E-state index in [1.54, 1.807) is 23.7 Å². The average Bonchev–Trinajstić information content (AvgIpc) is 3.37. The van der Waals surface area contributed by atoms with E-state index in [0.717, 1.165) is 92.7 Å². The van der Waals surface area contributed by atoms with Gasteiger partial charge in [-0.05, 0) is 18.2 Å². The molecule has 6 rings (SSSR count). The van der Waals surface area contributed by atoms with Crippen molar-refractivity contribution in [2.45, 2.75) is 31.5 Å². The SMILES string of the molecule is Nc1ncc(-c2nc(N3C4CCC3COC4)nc3c(CN4CCN(CCO)CC4)csc23)cn1. The normalized spacial score (nSPS) is 23.7. The lowest BCUT2D eigenvalue weighted by Crippen LogP contribution is -2.47. The Morgan fingerprint density at radius 1 is 1.03 bits per heavy atom. The molecule has 0 aromatic carbocycles. The predicted molar refractivity (Wildman–Crippen MR) is 132 cm³/mol. The van der Waals surface area contributed by atoms with Crippen molar-refractivity contribution >= 4 is 33.5 Å². The first-order valence-electron chi connectivity index (χ1n) is 12.0. The fourth-order valence-corrected chi connectivity index (χ4v) is 6.36. The smallest absolute Gasteiger partial charge is 0.227 e. The quantitative estimate of drug-likeness (QED) is 0.531. The molecule has 3 fully saturated rings. The highest BCUT2D eigenvalue weighted by atomic mass is 32.1. The minimum absolute atomic E-state index is 0.218. The molecule has 3 aromatic rings. The Balaban J connectivity index is 1.37. The fraction of sp³-hybridized carbons (Fsp3) is 0.565. The monoisotopic (exact) mass is 482 g/mol. The maximum absolute atomic E-state index is 9.22. The second kappa shape index (κ2) is 9.31. The molecule has 10 nitrogen and oxygen atoms in total. The Morgan fingerprint density at radius 3 is 2.44 bits per heavy atom. The van der Waals surface area contributed by atoms with E-state index in [1.165, 1.54) is 5.56 Å². The standard InChI is InChI=1S/C23H30N8O2S/c24-22-25-9-15(10-26-22)19-21-20(28-23(27-19)31-17-1-2-18(31)13-33-12-17)16(14-34-21)11-30-5-3-29(4-6-30)7-8-32/h9-10,14,17-18,32H,1-8,11-13H2,(H2,24,25,26). The number of rotatable bonds is 6. The zero-order chi connectivity index (χ0) is 23.1. The molecule has 2 atom stereocenters. The van der Waals surface area contributed by atoms with Gasteiger partial charge in [0.1, 0.15) is 0 Å². The van der Waals surface area contributed by atoms with Gasteiger partial charge in [0.2, 0.25) is 11.9 Å². The number of anilines is 2. The van der Waals surface area contributed by atoms with E-state index in [9.17, 15) is 5.11 Å². The number of nitrogen functional groups attached to an aromatic ring is 1. The first kappa shape index (κ1) is 22.1. The summed E-state index contributed by atoms with van der Waals surface area (Å²) in [6.07, 6.45) is 5.73. The van der Waals surface area contributed by atoms with Gasteiger partial charge in [0, 0.05) is 62.8 Å². The Labute approximate surface area is 202 Å². The number of nitrogens with two attached hydrogens (primary N) is 1. The summed E-state index contributed by atoms with van der Waals surface area (Å²) in [6, 6.07) is 0.654. The number of morpholine rings is 1. The summed E-state index contributed by atoms with van der Waals surface area (Å²) in [5.41, 5.74) is 9.73. The van der Waals surface area contributed by atoms with Crippen molar-refractivity contribution in [2.24, 2.45) is 0 Å². The fourth-order valence-electron chi connectivity index (χ4n) is 5.35. The number of aliphatic hydroxyl groups is 1. The van der Waals surface area contributed by atoms with Gasteiger partial charge in [-0.2, -0.15) is 0 Å². The molecule has 180 valence electrons. The van der Waals surface area contributed by atoms with E-state index < -0.39 is 0 Å². The van der Waals surface area contributed by atoms with Crippen LogP contribution < -0.4 is 10.6 Å². The van der Waals surface area contributed by atoms with Crippen molar-refractivity contribution in [2.75, 3.05) is 63.2 Å². The van der Waals surface area contributed by atoms with Crippen LogP contribution in [0.4, 0.5) is 11.9 Å². The van der Waals surface area contributed by atoms with Crippen LogP contribution in [0.1, 0.15) is 18.4 Å². The van der Waals surface area contributed by atoms with E-state index in [4.69, 9.17) is 20.4 Å². The number of thiophene rings is 1. The molecule has 0 amide bonds. The average molecular weight is 483 g/mol. The van der Waals surface area contributed by atoms with Crippen molar-refractivity contribution < 1.29 is 9.84 Å². The zero-order valence-electron chi connectivity index (χ0n) is 19.1. The first-order valence-corrected chi connectivity index (χ1v) is 12.8. The van der Waals surface area contributed by atoms with Crippen LogP contribution in [0.2, 0.25) is 0 Å². The van der Waals surface area contributed by atoms with Gasteiger partial charge in [0.05, 0.1) is 47.8 Å². The Morgan fingerprint density at radius 2 is 1.74 bits per heavy atom. The molecule has 0 saturated carbocycles. The molecule has 3 saturated heterocycles. The minimum Gasteiger partial charge on any atom is -0.395 e. The van der Waals surface area contributed by atoms with Gasteiger partial charge >= 0.3 is 0 Å². The molecule has 0 aliphatic carbocycles. The van der Waals surface area contributed by atoms with E-state index in [0.29, 0.717) is 12.1 Å². The molecule has 6 heterocycles. The van der Waals surface area contributed by atoms with Gasteiger partial charge in [-0.15, -0.1) is 11.3 Å². The summed E-state index contributed by atoms with van der Waals surface area (Å²) in [6.45, 7) is 7.22. The van der Waals surface area contributed by atoms with Crippen molar-refractivity contribution in [3.05, 3.63) is 23.3 Å². The van der Waals surface area contributed by atoms with Crippen LogP contribution in [0, 0.1) is 0 Å². The van der Waals surface area contributed by atoms with Crippen LogP contribution in [0.15, 0.2) is 17.8 Å². The number of nitrogens with zero attached hydrogens (tertiary/aromatic N) is 7. The van der Waals surface area contributed by atoms with Crippen LogP contribution in [0.5, 0.6) is 0 Å². The summed E-state index contributed by atoms with van der Waals surface area (Å²) >= 11 is 1.68. The first-order chi connectivity index (χ1) is 16.7. The molecule has 3 aromatic heterocycles. The van der Waals surface area contributed by atoms with Crippen molar-refractivity contribution in [3.63, 3.8) is 0 Å². The third-order valence-electron chi connectivity index (χ3n) is 7.17. The predicted octanol–water partition coefficient (Wildman–Crippen LogP) is 1.21. The summed E-state index contributed by atoms with van der Waals surface area (Å²) in [4.78, 5) is 25.8. The van der Waals surface area contributed by atoms with E-state index in [1.807, 2.05) is 0 Å². The number of piperazine rings is 1. The summed E-state index contributed by atoms with van der Waals surface area (Å²) in [5.74, 6) is 1.04. The van der Waals surface area contributed by atoms with Gasteiger partial charge in [0.15, 0.2) is 0 Å². The second-order valence-electron chi connectivity index (χ2n) is 9.31. The number of hydrogen-bond donors (Lipinski definition) is 2. The molecule has 34 heavy (non-hydrogen) atoms. The lowest BCUT2D eigenvalue weighted by Gasteiger charge is -2.35. The molecular formula is C23H30N8O2S. The highest BCUT2D eigenvalue weighted by Gasteiger charge is 2.39. The van der Waals surface area contributed by atoms with Crippen LogP contribution >= 0.6 is 11.3 Å². The van der Waals surface area contributed by atoms with Crippen LogP contribution in [-0.2, 0) is 11.3 Å². The molecule has 0 spiro atoms. The van der Waals surface area contributed by atoms with Gasteiger partial charge in [-0.3, -0.25) is 9.80 Å². The number of aliphatic hydroxyl groups excluding tert-OH is 1. The summed E-state index contributed by atoms with van der Waals surface area (Å²) in [7, 11) is 0.